The van der Waals surface area contributed by atoms with Crippen molar-refractivity contribution in [3.05, 3.63) is 29.3 Å². The summed E-state index contributed by atoms with van der Waals surface area (Å²) in [6, 6.07) is 6.25. The highest BCUT2D eigenvalue weighted by Crippen LogP contribution is 2.27. The van der Waals surface area contributed by atoms with Gasteiger partial charge in [0.15, 0.2) is 0 Å². The third kappa shape index (κ3) is 2.52. The standard InChI is InChI=1S/C15H24N2O/c1-12-9-13(10-18)5-6-14(12)17-8-7-16(4)15(2,3)11-17/h5-6,9,18H,7-8,10-11H2,1-4H3. The van der Waals surface area contributed by atoms with Crippen LogP contribution in [0.15, 0.2) is 18.2 Å². The lowest BCUT2D eigenvalue weighted by Gasteiger charge is -2.46. The van der Waals surface area contributed by atoms with Gasteiger partial charge in [-0.25, -0.2) is 0 Å². The van der Waals surface area contributed by atoms with Gasteiger partial charge in [0.2, 0.25) is 0 Å². The van der Waals surface area contributed by atoms with Crippen LogP contribution >= 0.6 is 0 Å². The summed E-state index contributed by atoms with van der Waals surface area (Å²) in [7, 11) is 2.19. The van der Waals surface area contributed by atoms with Crippen molar-refractivity contribution in [3.63, 3.8) is 0 Å². The van der Waals surface area contributed by atoms with Gasteiger partial charge in [-0.2, -0.15) is 0 Å². The number of benzene rings is 1. The first kappa shape index (κ1) is 13.4. The summed E-state index contributed by atoms with van der Waals surface area (Å²) >= 11 is 0. The average molecular weight is 248 g/mol. The first-order valence-electron chi connectivity index (χ1n) is 6.60. The smallest absolute Gasteiger partial charge is 0.0681 e. The van der Waals surface area contributed by atoms with Crippen LogP contribution in [0.25, 0.3) is 0 Å². The van der Waals surface area contributed by atoms with Crippen LogP contribution in [0.4, 0.5) is 5.69 Å². The molecule has 1 heterocycles. The molecule has 0 atom stereocenters. The quantitative estimate of drug-likeness (QED) is 0.867. The van der Waals surface area contributed by atoms with Crippen LogP contribution in [0.2, 0.25) is 0 Å². The highest BCUT2D eigenvalue weighted by atomic mass is 16.3. The SMILES string of the molecule is Cc1cc(CO)ccc1N1CCN(C)C(C)(C)C1. The summed E-state index contributed by atoms with van der Waals surface area (Å²) in [6.07, 6.45) is 0. The van der Waals surface area contributed by atoms with E-state index < -0.39 is 0 Å². The minimum absolute atomic E-state index is 0.120. The summed E-state index contributed by atoms with van der Waals surface area (Å²) in [5.41, 5.74) is 3.75. The van der Waals surface area contributed by atoms with E-state index in [4.69, 9.17) is 5.11 Å². The van der Waals surface area contributed by atoms with E-state index in [0.29, 0.717) is 0 Å². The molecule has 0 saturated carbocycles. The van der Waals surface area contributed by atoms with Crippen molar-refractivity contribution in [2.45, 2.75) is 32.9 Å². The summed E-state index contributed by atoms with van der Waals surface area (Å²) in [4.78, 5) is 4.87. The lowest BCUT2D eigenvalue weighted by atomic mass is 9.98. The zero-order valence-electron chi connectivity index (χ0n) is 11.9. The van der Waals surface area contributed by atoms with E-state index >= 15 is 0 Å². The topological polar surface area (TPSA) is 26.7 Å². The van der Waals surface area contributed by atoms with Crippen LogP contribution in [0.5, 0.6) is 0 Å². The van der Waals surface area contributed by atoms with Crippen LogP contribution in [-0.4, -0.2) is 42.2 Å². The number of rotatable bonds is 2. The number of anilines is 1. The molecule has 0 radical (unpaired) electrons. The van der Waals surface area contributed by atoms with Crippen LogP contribution in [0, 0.1) is 6.92 Å². The van der Waals surface area contributed by atoms with Crippen molar-refractivity contribution in [3.8, 4) is 0 Å². The number of likely N-dealkylation sites (N-methyl/N-ethyl adjacent to an activating group) is 1. The van der Waals surface area contributed by atoms with Crippen molar-refractivity contribution in [2.24, 2.45) is 0 Å². The third-order valence-electron chi connectivity index (χ3n) is 4.10. The molecule has 1 aliphatic rings. The largest absolute Gasteiger partial charge is 0.392 e. The molecular weight excluding hydrogens is 224 g/mol. The summed E-state index contributed by atoms with van der Waals surface area (Å²) in [5, 5.41) is 9.16. The Morgan fingerprint density at radius 2 is 2.00 bits per heavy atom. The minimum Gasteiger partial charge on any atom is -0.392 e. The van der Waals surface area contributed by atoms with Gasteiger partial charge in [0, 0.05) is 30.9 Å². The van der Waals surface area contributed by atoms with Crippen molar-refractivity contribution in [2.75, 3.05) is 31.6 Å². The maximum Gasteiger partial charge on any atom is 0.0681 e. The minimum atomic E-state index is 0.120. The molecule has 1 saturated heterocycles. The Balaban J connectivity index is 2.22. The van der Waals surface area contributed by atoms with Crippen LogP contribution in [-0.2, 0) is 6.61 Å². The van der Waals surface area contributed by atoms with E-state index in [1.54, 1.807) is 0 Å². The normalized spacial score (nSPS) is 20.2. The second-order valence-electron chi connectivity index (χ2n) is 5.93. The molecule has 0 bridgehead atoms. The van der Waals surface area contributed by atoms with E-state index in [1.165, 1.54) is 11.3 Å². The molecule has 1 aromatic rings. The molecule has 1 N–H and O–H groups in total. The fraction of sp³-hybridized carbons (Fsp3) is 0.600. The van der Waals surface area contributed by atoms with Gasteiger partial charge in [-0.1, -0.05) is 12.1 Å². The maximum absolute atomic E-state index is 9.16. The van der Waals surface area contributed by atoms with Gasteiger partial charge < -0.3 is 10.0 Å². The molecule has 3 nitrogen and oxygen atoms in total. The number of aliphatic hydroxyl groups excluding tert-OH is 1. The molecule has 18 heavy (non-hydrogen) atoms. The van der Waals surface area contributed by atoms with Gasteiger partial charge in [0.1, 0.15) is 0 Å². The predicted molar refractivity (Wildman–Crippen MR) is 76.0 cm³/mol. The van der Waals surface area contributed by atoms with Crippen molar-refractivity contribution in [1.82, 2.24) is 4.90 Å². The van der Waals surface area contributed by atoms with Crippen LogP contribution < -0.4 is 4.90 Å². The Morgan fingerprint density at radius 1 is 1.28 bits per heavy atom. The van der Waals surface area contributed by atoms with Gasteiger partial charge in [0.25, 0.3) is 0 Å². The number of hydrogen-bond donors (Lipinski definition) is 1. The van der Waals surface area contributed by atoms with E-state index in [9.17, 15) is 0 Å². The molecule has 0 spiro atoms. The van der Waals surface area contributed by atoms with Gasteiger partial charge in [-0.05, 0) is 45.0 Å². The van der Waals surface area contributed by atoms with Gasteiger partial charge in [0.05, 0.1) is 6.61 Å². The average Bonchev–Trinajstić information content (AvgIpc) is 2.32. The second-order valence-corrected chi connectivity index (χ2v) is 5.93. The van der Waals surface area contributed by atoms with Crippen molar-refractivity contribution >= 4 is 5.69 Å². The fourth-order valence-electron chi connectivity index (χ4n) is 2.62. The van der Waals surface area contributed by atoms with Gasteiger partial charge in [-0.3, -0.25) is 4.90 Å². The Hall–Kier alpha value is -1.06. The summed E-state index contributed by atoms with van der Waals surface area (Å²) in [5.74, 6) is 0. The molecule has 3 heteroatoms. The molecule has 0 amide bonds. The van der Waals surface area contributed by atoms with Crippen molar-refractivity contribution in [1.29, 1.82) is 0 Å². The van der Waals surface area contributed by atoms with E-state index in [-0.39, 0.29) is 12.1 Å². The third-order valence-corrected chi connectivity index (χ3v) is 4.10. The Morgan fingerprint density at radius 3 is 2.56 bits per heavy atom. The Kier molecular flexibility index (Phi) is 3.64. The zero-order valence-corrected chi connectivity index (χ0v) is 11.9. The second kappa shape index (κ2) is 4.90. The number of nitrogens with zero attached hydrogens (tertiary/aromatic N) is 2. The molecule has 2 rings (SSSR count). The van der Waals surface area contributed by atoms with Crippen LogP contribution in [0.3, 0.4) is 0 Å². The van der Waals surface area contributed by atoms with E-state index in [0.717, 1.165) is 25.2 Å². The summed E-state index contributed by atoms with van der Waals surface area (Å²) in [6.45, 7) is 10.0. The molecule has 0 unspecified atom stereocenters. The maximum atomic E-state index is 9.16. The Labute approximate surface area is 110 Å². The van der Waals surface area contributed by atoms with Gasteiger partial charge >= 0.3 is 0 Å². The summed E-state index contributed by atoms with van der Waals surface area (Å²) < 4.78 is 0. The lowest BCUT2D eigenvalue weighted by Crippen LogP contribution is -2.57. The molecule has 0 aromatic heterocycles. The molecule has 100 valence electrons. The number of piperazine rings is 1. The van der Waals surface area contributed by atoms with E-state index in [1.807, 2.05) is 6.07 Å². The fourth-order valence-corrected chi connectivity index (χ4v) is 2.62. The zero-order chi connectivity index (χ0) is 13.3. The van der Waals surface area contributed by atoms with Crippen LogP contribution in [0.1, 0.15) is 25.0 Å². The Bertz CT molecular complexity index is 429. The van der Waals surface area contributed by atoms with Gasteiger partial charge in [-0.15, -0.1) is 0 Å². The molecule has 1 fully saturated rings. The first-order valence-corrected chi connectivity index (χ1v) is 6.60. The molecular formula is C15H24N2O. The number of hydrogen-bond acceptors (Lipinski definition) is 3. The molecule has 1 aromatic carbocycles. The monoisotopic (exact) mass is 248 g/mol. The number of aryl methyl sites for hydroxylation is 1. The first-order chi connectivity index (χ1) is 8.44. The lowest BCUT2D eigenvalue weighted by molar-refractivity contribution is 0.139. The molecule has 1 aliphatic heterocycles. The highest BCUT2D eigenvalue weighted by Gasteiger charge is 2.31. The number of aliphatic hydroxyl groups is 1. The van der Waals surface area contributed by atoms with E-state index in [2.05, 4.69) is 49.8 Å². The van der Waals surface area contributed by atoms with Crippen molar-refractivity contribution < 1.29 is 5.11 Å². The molecule has 0 aliphatic carbocycles. The highest BCUT2D eigenvalue weighted by molar-refractivity contribution is 5.55. The predicted octanol–water partition coefficient (Wildman–Crippen LogP) is 2.02.